The Hall–Kier alpha value is -1.84. The van der Waals surface area contributed by atoms with Gasteiger partial charge in [-0.15, -0.1) is 18.2 Å². The van der Waals surface area contributed by atoms with Crippen LogP contribution in [0.4, 0.5) is 0 Å². The lowest BCUT2D eigenvalue weighted by atomic mass is 10.1. The molecule has 1 aliphatic rings. The predicted molar refractivity (Wildman–Crippen MR) is 104 cm³/mol. The standard InChI is InChI=1S/C20H24N4S/c1-2-17-5-3-6-18(13-17)15-25-20-19(7-4-8-22-20)14-23-9-11-24(16-21)12-10-23/h1,3-8,13H,9-12,14-16,21H2. The van der Waals surface area contributed by atoms with E-state index >= 15 is 0 Å². The molecule has 4 nitrogen and oxygen atoms in total. The maximum atomic E-state index is 5.72. The summed E-state index contributed by atoms with van der Waals surface area (Å²) in [5, 5.41) is 1.11. The third kappa shape index (κ3) is 5.07. The number of thioether (sulfide) groups is 1. The van der Waals surface area contributed by atoms with E-state index in [0.29, 0.717) is 6.67 Å². The number of hydrogen-bond acceptors (Lipinski definition) is 5. The number of terminal acetylenes is 1. The minimum Gasteiger partial charge on any atom is -0.318 e. The second kappa shape index (κ2) is 9.02. The summed E-state index contributed by atoms with van der Waals surface area (Å²) in [6.07, 6.45) is 7.36. The van der Waals surface area contributed by atoms with Crippen LogP contribution in [0.3, 0.4) is 0 Å². The molecule has 5 heteroatoms. The molecule has 2 heterocycles. The number of nitrogens with zero attached hydrogens (tertiary/aromatic N) is 3. The first-order valence-electron chi connectivity index (χ1n) is 8.55. The minimum atomic E-state index is 0.651. The zero-order valence-electron chi connectivity index (χ0n) is 14.4. The topological polar surface area (TPSA) is 45.4 Å². The van der Waals surface area contributed by atoms with Crippen LogP contribution in [0.1, 0.15) is 16.7 Å². The molecule has 130 valence electrons. The monoisotopic (exact) mass is 352 g/mol. The van der Waals surface area contributed by atoms with Crippen molar-refractivity contribution in [3.05, 3.63) is 59.3 Å². The number of hydrogen-bond donors (Lipinski definition) is 1. The SMILES string of the molecule is C#Cc1cccc(CSc2ncccc2CN2CCN(CN)CC2)c1. The summed E-state index contributed by atoms with van der Waals surface area (Å²) in [5.41, 5.74) is 9.17. The van der Waals surface area contributed by atoms with E-state index in [1.165, 1.54) is 11.1 Å². The van der Waals surface area contributed by atoms with Gasteiger partial charge in [0.15, 0.2) is 0 Å². The van der Waals surface area contributed by atoms with Crippen molar-refractivity contribution >= 4 is 11.8 Å². The first-order chi connectivity index (χ1) is 12.3. The van der Waals surface area contributed by atoms with Gasteiger partial charge in [-0.1, -0.05) is 24.1 Å². The highest BCUT2D eigenvalue weighted by atomic mass is 32.2. The van der Waals surface area contributed by atoms with Crippen LogP contribution in [-0.2, 0) is 12.3 Å². The molecule has 0 saturated carbocycles. The van der Waals surface area contributed by atoms with Gasteiger partial charge in [0.1, 0.15) is 5.03 Å². The van der Waals surface area contributed by atoms with Crippen molar-refractivity contribution in [3.8, 4) is 12.3 Å². The maximum absolute atomic E-state index is 5.72. The highest BCUT2D eigenvalue weighted by Crippen LogP contribution is 2.25. The molecule has 0 amide bonds. The summed E-state index contributed by atoms with van der Waals surface area (Å²) in [6.45, 7) is 5.79. The Morgan fingerprint density at radius 1 is 1.12 bits per heavy atom. The normalized spacial score (nSPS) is 15.8. The lowest BCUT2D eigenvalue weighted by molar-refractivity contribution is 0.129. The molecule has 2 aromatic rings. The van der Waals surface area contributed by atoms with Crippen molar-refractivity contribution in [2.75, 3.05) is 32.8 Å². The van der Waals surface area contributed by atoms with Crippen molar-refractivity contribution in [1.29, 1.82) is 0 Å². The van der Waals surface area contributed by atoms with E-state index in [-0.39, 0.29) is 0 Å². The van der Waals surface area contributed by atoms with E-state index in [4.69, 9.17) is 12.2 Å². The van der Waals surface area contributed by atoms with Crippen LogP contribution in [0.5, 0.6) is 0 Å². The van der Waals surface area contributed by atoms with Crippen molar-refractivity contribution in [2.45, 2.75) is 17.3 Å². The smallest absolute Gasteiger partial charge is 0.101 e. The number of piperazine rings is 1. The third-order valence-corrected chi connectivity index (χ3v) is 5.55. The number of pyridine rings is 1. The maximum Gasteiger partial charge on any atom is 0.101 e. The molecule has 0 spiro atoms. The van der Waals surface area contributed by atoms with Gasteiger partial charge in [-0.3, -0.25) is 9.80 Å². The minimum absolute atomic E-state index is 0.651. The van der Waals surface area contributed by atoms with E-state index in [2.05, 4.69) is 38.9 Å². The lowest BCUT2D eigenvalue weighted by Crippen LogP contribution is -2.47. The summed E-state index contributed by atoms with van der Waals surface area (Å²) in [7, 11) is 0. The summed E-state index contributed by atoms with van der Waals surface area (Å²) < 4.78 is 0. The van der Waals surface area contributed by atoms with Crippen LogP contribution in [0.15, 0.2) is 47.6 Å². The van der Waals surface area contributed by atoms with Crippen molar-refractivity contribution in [3.63, 3.8) is 0 Å². The van der Waals surface area contributed by atoms with Crippen LogP contribution in [0, 0.1) is 12.3 Å². The van der Waals surface area contributed by atoms with Gasteiger partial charge in [0.05, 0.1) is 0 Å². The van der Waals surface area contributed by atoms with Gasteiger partial charge in [-0.2, -0.15) is 0 Å². The average molecular weight is 353 g/mol. The number of nitrogens with two attached hydrogens (primary N) is 1. The van der Waals surface area contributed by atoms with Gasteiger partial charge in [0.2, 0.25) is 0 Å². The summed E-state index contributed by atoms with van der Waals surface area (Å²) in [4.78, 5) is 9.36. The van der Waals surface area contributed by atoms with Crippen LogP contribution < -0.4 is 5.73 Å². The molecule has 1 saturated heterocycles. The summed E-state index contributed by atoms with van der Waals surface area (Å²) in [6, 6.07) is 12.4. The molecule has 0 unspecified atom stereocenters. The van der Waals surface area contributed by atoms with Gasteiger partial charge in [-0.05, 0) is 29.3 Å². The molecule has 0 atom stereocenters. The summed E-state index contributed by atoms with van der Waals surface area (Å²) in [5.74, 6) is 3.57. The fourth-order valence-electron chi connectivity index (χ4n) is 2.95. The zero-order valence-corrected chi connectivity index (χ0v) is 15.2. The molecule has 0 bridgehead atoms. The molecule has 3 rings (SSSR count). The van der Waals surface area contributed by atoms with Crippen molar-refractivity contribution < 1.29 is 0 Å². The van der Waals surface area contributed by atoms with Gasteiger partial charge in [0.25, 0.3) is 0 Å². The Labute approximate surface area is 154 Å². The fraction of sp³-hybridized carbons (Fsp3) is 0.350. The second-order valence-electron chi connectivity index (χ2n) is 6.18. The molecule has 25 heavy (non-hydrogen) atoms. The molecule has 0 radical (unpaired) electrons. The number of rotatable bonds is 6. The molecule has 1 aliphatic heterocycles. The van der Waals surface area contributed by atoms with E-state index in [1.807, 2.05) is 24.4 Å². The predicted octanol–water partition coefficient (Wildman–Crippen LogP) is 2.39. The molecular formula is C20H24N4S. The summed E-state index contributed by atoms with van der Waals surface area (Å²) >= 11 is 1.78. The number of aromatic nitrogens is 1. The van der Waals surface area contributed by atoms with E-state index in [0.717, 1.165) is 49.1 Å². The molecule has 0 aliphatic carbocycles. The van der Waals surface area contributed by atoms with E-state index < -0.39 is 0 Å². The largest absolute Gasteiger partial charge is 0.318 e. The van der Waals surface area contributed by atoms with Crippen LogP contribution in [0.25, 0.3) is 0 Å². The van der Waals surface area contributed by atoms with Crippen LogP contribution in [0.2, 0.25) is 0 Å². The Morgan fingerprint density at radius 3 is 2.68 bits per heavy atom. The average Bonchev–Trinajstić information content (AvgIpc) is 2.68. The molecule has 1 aromatic heterocycles. The highest BCUT2D eigenvalue weighted by Gasteiger charge is 2.17. The number of benzene rings is 1. The highest BCUT2D eigenvalue weighted by molar-refractivity contribution is 7.98. The van der Waals surface area contributed by atoms with Gasteiger partial charge in [-0.25, -0.2) is 4.98 Å². The lowest BCUT2D eigenvalue weighted by Gasteiger charge is -2.34. The Bertz CT molecular complexity index is 732. The molecule has 1 aromatic carbocycles. The van der Waals surface area contributed by atoms with Gasteiger partial charge in [0, 0.05) is 56.9 Å². The van der Waals surface area contributed by atoms with Crippen molar-refractivity contribution in [2.24, 2.45) is 5.73 Å². The third-order valence-electron chi connectivity index (χ3n) is 4.44. The zero-order chi connectivity index (χ0) is 17.5. The molecular weight excluding hydrogens is 328 g/mol. The van der Waals surface area contributed by atoms with Gasteiger partial charge < -0.3 is 5.73 Å². The van der Waals surface area contributed by atoms with E-state index in [1.54, 1.807) is 11.8 Å². The second-order valence-corrected chi connectivity index (χ2v) is 7.14. The Morgan fingerprint density at radius 2 is 1.92 bits per heavy atom. The van der Waals surface area contributed by atoms with Gasteiger partial charge >= 0.3 is 0 Å². The van der Waals surface area contributed by atoms with Crippen molar-refractivity contribution in [1.82, 2.24) is 14.8 Å². The Kier molecular flexibility index (Phi) is 6.48. The van der Waals surface area contributed by atoms with Crippen LogP contribution >= 0.6 is 11.8 Å². The molecule has 1 fully saturated rings. The molecule has 2 N–H and O–H groups in total. The fourth-order valence-corrected chi connectivity index (χ4v) is 3.88. The van der Waals surface area contributed by atoms with Crippen LogP contribution in [-0.4, -0.2) is 47.6 Å². The first kappa shape index (κ1) is 18.0. The van der Waals surface area contributed by atoms with E-state index in [9.17, 15) is 0 Å². The Balaban J connectivity index is 1.62. The first-order valence-corrected chi connectivity index (χ1v) is 9.54. The quantitative estimate of drug-likeness (QED) is 0.639.